The second-order valence-corrected chi connectivity index (χ2v) is 2.86. The third kappa shape index (κ3) is 4.88. The Hall–Kier alpha value is -0.860. The largest absolute Gasteiger partial charge is 0.411 e. The number of aliphatic imine (C=N–C) groups is 1. The van der Waals surface area contributed by atoms with E-state index >= 15 is 0 Å². The first-order chi connectivity index (χ1) is 5.72. The summed E-state index contributed by atoms with van der Waals surface area (Å²) in [5.41, 5.74) is 1.43. The molecule has 0 aromatic rings. The molecule has 0 bridgehead atoms. The average molecular weight is 170 g/mol. The summed E-state index contributed by atoms with van der Waals surface area (Å²) in [5.74, 6) is 0. The summed E-state index contributed by atoms with van der Waals surface area (Å²) in [6, 6.07) is 0. The highest BCUT2D eigenvalue weighted by molar-refractivity contribution is 6.40. The van der Waals surface area contributed by atoms with Gasteiger partial charge in [-0.15, -0.1) is 0 Å². The maximum absolute atomic E-state index is 8.42. The number of nitrogens with zero attached hydrogens (tertiary/aromatic N) is 2. The van der Waals surface area contributed by atoms with E-state index in [2.05, 4.69) is 17.1 Å². The predicted molar refractivity (Wildman–Crippen MR) is 52.4 cm³/mol. The minimum Gasteiger partial charge on any atom is -0.411 e. The van der Waals surface area contributed by atoms with Crippen LogP contribution in [0.5, 0.6) is 0 Å². The predicted octanol–water partition coefficient (Wildman–Crippen LogP) is 2.49. The quantitative estimate of drug-likeness (QED) is 0.293. The molecule has 0 heterocycles. The fraction of sp³-hybridized carbons (Fsp3) is 0.778. The van der Waals surface area contributed by atoms with Crippen molar-refractivity contribution in [3.05, 3.63) is 0 Å². The molecular formula is C9H18N2O. The molecule has 0 fully saturated rings. The first-order valence-corrected chi connectivity index (χ1v) is 4.42. The van der Waals surface area contributed by atoms with Crippen LogP contribution in [-0.4, -0.2) is 23.2 Å². The van der Waals surface area contributed by atoms with E-state index in [1.807, 2.05) is 6.92 Å². The molecule has 0 spiro atoms. The number of oxime groups is 1. The maximum atomic E-state index is 8.42. The van der Waals surface area contributed by atoms with Crippen LogP contribution in [0.4, 0.5) is 0 Å². The minimum atomic E-state index is 0.603. The number of rotatable bonds is 5. The van der Waals surface area contributed by atoms with Gasteiger partial charge in [0.1, 0.15) is 0 Å². The summed E-state index contributed by atoms with van der Waals surface area (Å²) in [4.78, 5) is 4.26. The van der Waals surface area contributed by atoms with Crippen molar-refractivity contribution in [2.75, 3.05) is 6.54 Å². The zero-order chi connectivity index (χ0) is 9.40. The standard InChI is InChI=1S/C9H18N2O/c1-4-5-6-7-10-8(2)9(3)11-12/h12H,4-7H2,1-3H3. The van der Waals surface area contributed by atoms with Crippen molar-refractivity contribution in [3.63, 3.8) is 0 Å². The van der Waals surface area contributed by atoms with E-state index in [-0.39, 0.29) is 0 Å². The number of hydrogen-bond acceptors (Lipinski definition) is 3. The lowest BCUT2D eigenvalue weighted by Crippen LogP contribution is -2.06. The second kappa shape index (κ2) is 6.83. The Kier molecular flexibility index (Phi) is 6.34. The van der Waals surface area contributed by atoms with Gasteiger partial charge in [-0.2, -0.15) is 0 Å². The highest BCUT2D eigenvalue weighted by atomic mass is 16.4. The van der Waals surface area contributed by atoms with Gasteiger partial charge in [0.25, 0.3) is 0 Å². The van der Waals surface area contributed by atoms with E-state index in [0.29, 0.717) is 5.71 Å². The molecule has 0 aromatic heterocycles. The Morgan fingerprint density at radius 1 is 1.17 bits per heavy atom. The van der Waals surface area contributed by atoms with Gasteiger partial charge in [-0.1, -0.05) is 24.9 Å². The molecule has 0 saturated carbocycles. The number of hydrogen-bond donors (Lipinski definition) is 1. The van der Waals surface area contributed by atoms with Crippen LogP contribution in [0.2, 0.25) is 0 Å². The van der Waals surface area contributed by atoms with Gasteiger partial charge >= 0.3 is 0 Å². The summed E-state index contributed by atoms with van der Waals surface area (Å²) in [6.45, 7) is 6.61. The second-order valence-electron chi connectivity index (χ2n) is 2.86. The van der Waals surface area contributed by atoms with E-state index in [4.69, 9.17) is 5.21 Å². The highest BCUT2D eigenvalue weighted by Crippen LogP contribution is 1.94. The van der Waals surface area contributed by atoms with E-state index in [0.717, 1.165) is 18.7 Å². The van der Waals surface area contributed by atoms with Crippen LogP contribution >= 0.6 is 0 Å². The van der Waals surface area contributed by atoms with Crippen LogP contribution in [-0.2, 0) is 0 Å². The molecule has 0 unspecified atom stereocenters. The molecule has 0 radical (unpaired) electrons. The lowest BCUT2D eigenvalue weighted by molar-refractivity contribution is 0.320. The molecule has 1 N–H and O–H groups in total. The fourth-order valence-corrected chi connectivity index (χ4v) is 0.795. The molecule has 3 nitrogen and oxygen atoms in total. The van der Waals surface area contributed by atoms with Gasteiger partial charge in [-0.25, -0.2) is 0 Å². The van der Waals surface area contributed by atoms with Crippen LogP contribution < -0.4 is 0 Å². The first-order valence-electron chi connectivity index (χ1n) is 4.42. The number of unbranched alkanes of at least 4 members (excludes halogenated alkanes) is 2. The zero-order valence-electron chi connectivity index (χ0n) is 8.17. The molecule has 0 atom stereocenters. The van der Waals surface area contributed by atoms with Gasteiger partial charge in [0.05, 0.1) is 11.4 Å². The summed E-state index contributed by atoms with van der Waals surface area (Å²) >= 11 is 0. The molecule has 0 aromatic carbocycles. The third-order valence-electron chi connectivity index (χ3n) is 1.78. The molecule has 0 aliphatic heterocycles. The topological polar surface area (TPSA) is 45.0 Å². The Morgan fingerprint density at radius 3 is 2.33 bits per heavy atom. The first kappa shape index (κ1) is 11.1. The van der Waals surface area contributed by atoms with Crippen LogP contribution in [0.1, 0.15) is 40.0 Å². The van der Waals surface area contributed by atoms with Gasteiger partial charge in [-0.05, 0) is 20.3 Å². The monoisotopic (exact) mass is 170 g/mol. The fourth-order valence-electron chi connectivity index (χ4n) is 0.795. The lowest BCUT2D eigenvalue weighted by Gasteiger charge is -1.97. The van der Waals surface area contributed by atoms with Crippen LogP contribution in [0, 0.1) is 0 Å². The Labute approximate surface area is 74.2 Å². The van der Waals surface area contributed by atoms with Gasteiger partial charge in [0, 0.05) is 6.54 Å². The molecule has 3 heteroatoms. The normalized spacial score (nSPS) is 13.6. The molecule has 12 heavy (non-hydrogen) atoms. The molecule has 70 valence electrons. The van der Waals surface area contributed by atoms with Gasteiger partial charge in [0.15, 0.2) is 0 Å². The molecule has 0 aliphatic rings. The molecule has 0 saturated heterocycles. The van der Waals surface area contributed by atoms with Gasteiger partial charge in [0.2, 0.25) is 0 Å². The maximum Gasteiger partial charge on any atom is 0.0971 e. The SMILES string of the molecule is CCCCCN=C(C)C(C)=NO. The van der Waals surface area contributed by atoms with Gasteiger partial charge in [-0.3, -0.25) is 4.99 Å². The van der Waals surface area contributed by atoms with E-state index < -0.39 is 0 Å². The Bertz CT molecular complexity index is 173. The summed E-state index contributed by atoms with van der Waals surface area (Å²) in [5, 5.41) is 11.5. The van der Waals surface area contributed by atoms with Crippen molar-refractivity contribution >= 4 is 11.4 Å². The van der Waals surface area contributed by atoms with Crippen LogP contribution in [0.3, 0.4) is 0 Å². The van der Waals surface area contributed by atoms with Crippen molar-refractivity contribution < 1.29 is 5.21 Å². The van der Waals surface area contributed by atoms with E-state index in [1.54, 1.807) is 6.92 Å². The summed E-state index contributed by atoms with van der Waals surface area (Å²) in [6.07, 6.45) is 3.54. The molecule has 0 amide bonds. The van der Waals surface area contributed by atoms with Crippen LogP contribution in [0.15, 0.2) is 10.1 Å². The van der Waals surface area contributed by atoms with Crippen LogP contribution in [0.25, 0.3) is 0 Å². The molecular weight excluding hydrogens is 152 g/mol. The van der Waals surface area contributed by atoms with E-state index in [1.165, 1.54) is 12.8 Å². The summed E-state index contributed by atoms with van der Waals surface area (Å²) in [7, 11) is 0. The van der Waals surface area contributed by atoms with Crippen molar-refractivity contribution in [1.82, 2.24) is 0 Å². The Balaban J connectivity index is 3.69. The average Bonchev–Trinajstić information content (AvgIpc) is 2.10. The van der Waals surface area contributed by atoms with Crippen molar-refractivity contribution in [1.29, 1.82) is 0 Å². The van der Waals surface area contributed by atoms with E-state index in [9.17, 15) is 0 Å². The van der Waals surface area contributed by atoms with Crippen molar-refractivity contribution in [3.8, 4) is 0 Å². The molecule has 0 rings (SSSR count). The zero-order valence-corrected chi connectivity index (χ0v) is 8.17. The minimum absolute atomic E-state index is 0.603. The lowest BCUT2D eigenvalue weighted by atomic mass is 10.2. The smallest absolute Gasteiger partial charge is 0.0971 e. The molecule has 0 aliphatic carbocycles. The highest BCUT2D eigenvalue weighted by Gasteiger charge is 1.94. The third-order valence-corrected chi connectivity index (χ3v) is 1.78. The Morgan fingerprint density at radius 2 is 1.83 bits per heavy atom. The summed E-state index contributed by atoms with van der Waals surface area (Å²) < 4.78 is 0. The van der Waals surface area contributed by atoms with Crippen molar-refractivity contribution in [2.45, 2.75) is 40.0 Å². The van der Waals surface area contributed by atoms with Gasteiger partial charge < -0.3 is 5.21 Å². The van der Waals surface area contributed by atoms with Crippen molar-refractivity contribution in [2.24, 2.45) is 10.1 Å².